The molecule has 1 saturated heterocycles. The SMILES string of the molecule is COc1ccc(NC(=S)N2CCC[C@H](C(N)=O)C2)cc1. The number of rotatable bonds is 3. The van der Waals surface area contributed by atoms with Crippen LogP contribution < -0.4 is 15.8 Å². The summed E-state index contributed by atoms with van der Waals surface area (Å²) in [6, 6.07) is 7.54. The number of carbonyl (C=O) groups is 1. The average molecular weight is 293 g/mol. The molecular weight excluding hydrogens is 274 g/mol. The molecule has 0 saturated carbocycles. The van der Waals surface area contributed by atoms with E-state index in [1.165, 1.54) is 0 Å². The van der Waals surface area contributed by atoms with E-state index in [9.17, 15) is 4.79 Å². The number of hydrogen-bond acceptors (Lipinski definition) is 3. The first-order chi connectivity index (χ1) is 9.60. The summed E-state index contributed by atoms with van der Waals surface area (Å²) in [5.74, 6) is 0.439. The molecule has 20 heavy (non-hydrogen) atoms. The summed E-state index contributed by atoms with van der Waals surface area (Å²) in [6.45, 7) is 1.45. The Balaban J connectivity index is 1.95. The molecule has 2 rings (SSSR count). The Bertz CT molecular complexity index is 490. The van der Waals surface area contributed by atoms with Gasteiger partial charge in [0, 0.05) is 18.8 Å². The van der Waals surface area contributed by atoms with Crippen molar-refractivity contribution < 1.29 is 9.53 Å². The van der Waals surface area contributed by atoms with E-state index in [1.54, 1.807) is 7.11 Å². The minimum Gasteiger partial charge on any atom is -0.497 e. The van der Waals surface area contributed by atoms with Crippen molar-refractivity contribution in [3.05, 3.63) is 24.3 Å². The third-order valence-corrected chi connectivity index (χ3v) is 3.81. The van der Waals surface area contributed by atoms with Crippen molar-refractivity contribution in [3.63, 3.8) is 0 Å². The lowest BCUT2D eigenvalue weighted by Gasteiger charge is -2.33. The molecule has 3 N–H and O–H groups in total. The van der Waals surface area contributed by atoms with Crippen LogP contribution in [0.1, 0.15) is 12.8 Å². The Morgan fingerprint density at radius 3 is 2.75 bits per heavy atom. The van der Waals surface area contributed by atoms with Crippen molar-refractivity contribution >= 4 is 28.9 Å². The second-order valence-corrected chi connectivity index (χ2v) is 5.23. The molecule has 1 atom stereocenters. The molecular formula is C14H19N3O2S. The number of amides is 1. The molecule has 108 valence electrons. The fraction of sp³-hybridized carbons (Fsp3) is 0.429. The van der Waals surface area contributed by atoms with E-state index < -0.39 is 0 Å². The maximum Gasteiger partial charge on any atom is 0.222 e. The second-order valence-electron chi connectivity index (χ2n) is 4.85. The van der Waals surface area contributed by atoms with Gasteiger partial charge in [-0.15, -0.1) is 0 Å². The summed E-state index contributed by atoms with van der Waals surface area (Å²) in [6.07, 6.45) is 1.77. The van der Waals surface area contributed by atoms with Crippen LogP contribution in [0.5, 0.6) is 5.75 Å². The Morgan fingerprint density at radius 1 is 1.45 bits per heavy atom. The molecule has 1 aromatic rings. The number of benzene rings is 1. The zero-order chi connectivity index (χ0) is 14.5. The van der Waals surface area contributed by atoms with Crippen LogP contribution in [0.4, 0.5) is 5.69 Å². The van der Waals surface area contributed by atoms with Crippen molar-refractivity contribution in [2.24, 2.45) is 11.7 Å². The minimum absolute atomic E-state index is 0.112. The standard InChI is InChI=1S/C14H19N3O2S/c1-19-12-6-4-11(5-7-12)16-14(20)17-8-2-3-10(9-17)13(15)18/h4-7,10H,2-3,8-9H2,1H3,(H2,15,18)(H,16,20)/t10-/m0/s1. The fourth-order valence-corrected chi connectivity index (χ4v) is 2.55. The van der Waals surface area contributed by atoms with E-state index >= 15 is 0 Å². The van der Waals surface area contributed by atoms with Gasteiger partial charge >= 0.3 is 0 Å². The number of nitrogens with two attached hydrogens (primary N) is 1. The van der Waals surface area contributed by atoms with Gasteiger partial charge in [-0.05, 0) is 49.3 Å². The largest absolute Gasteiger partial charge is 0.497 e. The predicted octanol–water partition coefficient (Wildman–Crippen LogP) is 1.59. The Kier molecular flexibility index (Phi) is 4.79. The quantitative estimate of drug-likeness (QED) is 0.828. The molecule has 1 aliphatic rings. The molecule has 0 aliphatic carbocycles. The van der Waals surface area contributed by atoms with Gasteiger partial charge in [-0.1, -0.05) is 0 Å². The van der Waals surface area contributed by atoms with E-state index in [1.807, 2.05) is 29.2 Å². The summed E-state index contributed by atoms with van der Waals surface area (Å²) in [5.41, 5.74) is 6.27. The highest BCUT2D eigenvalue weighted by atomic mass is 32.1. The van der Waals surface area contributed by atoms with Crippen LogP contribution >= 0.6 is 12.2 Å². The zero-order valence-corrected chi connectivity index (χ0v) is 12.3. The number of primary amides is 1. The topological polar surface area (TPSA) is 67.6 Å². The molecule has 1 amide bonds. The van der Waals surface area contributed by atoms with Gasteiger partial charge < -0.3 is 20.7 Å². The van der Waals surface area contributed by atoms with Crippen LogP contribution in [0.25, 0.3) is 0 Å². The number of methoxy groups -OCH3 is 1. The third-order valence-electron chi connectivity index (χ3n) is 3.45. The van der Waals surface area contributed by atoms with Gasteiger partial charge in [0.2, 0.25) is 5.91 Å². The van der Waals surface area contributed by atoms with Gasteiger partial charge in [0.1, 0.15) is 5.75 Å². The molecule has 0 unspecified atom stereocenters. The number of thiocarbonyl (C=S) groups is 1. The monoisotopic (exact) mass is 293 g/mol. The lowest BCUT2D eigenvalue weighted by atomic mass is 9.98. The van der Waals surface area contributed by atoms with Gasteiger partial charge in [-0.25, -0.2) is 0 Å². The molecule has 0 bridgehead atoms. The Labute approximate surface area is 124 Å². The van der Waals surface area contributed by atoms with Crippen molar-refractivity contribution in [3.8, 4) is 5.75 Å². The maximum absolute atomic E-state index is 11.3. The summed E-state index contributed by atoms with van der Waals surface area (Å²) in [4.78, 5) is 13.3. The van der Waals surface area contributed by atoms with Crippen molar-refractivity contribution in [1.29, 1.82) is 0 Å². The third kappa shape index (κ3) is 3.60. The Morgan fingerprint density at radius 2 is 2.15 bits per heavy atom. The van der Waals surface area contributed by atoms with Crippen molar-refractivity contribution in [1.82, 2.24) is 4.90 Å². The van der Waals surface area contributed by atoms with Gasteiger partial charge in [0.25, 0.3) is 0 Å². The predicted molar refractivity (Wildman–Crippen MR) is 82.7 cm³/mol. The smallest absolute Gasteiger partial charge is 0.222 e. The molecule has 1 aromatic carbocycles. The number of ether oxygens (including phenoxy) is 1. The van der Waals surface area contributed by atoms with Crippen LogP contribution in [0.3, 0.4) is 0 Å². The van der Waals surface area contributed by atoms with E-state index in [2.05, 4.69) is 5.32 Å². The molecule has 1 aliphatic heterocycles. The summed E-state index contributed by atoms with van der Waals surface area (Å²) in [7, 11) is 1.63. The van der Waals surface area contributed by atoms with Crippen LogP contribution in [-0.4, -0.2) is 36.1 Å². The highest BCUT2D eigenvalue weighted by molar-refractivity contribution is 7.80. The van der Waals surface area contributed by atoms with Crippen LogP contribution in [0.2, 0.25) is 0 Å². The van der Waals surface area contributed by atoms with E-state index in [0.29, 0.717) is 11.7 Å². The number of hydrogen-bond donors (Lipinski definition) is 2. The molecule has 0 radical (unpaired) electrons. The van der Waals surface area contributed by atoms with Gasteiger partial charge in [0.15, 0.2) is 5.11 Å². The van der Waals surface area contributed by atoms with Crippen LogP contribution in [0.15, 0.2) is 24.3 Å². The number of carbonyl (C=O) groups excluding carboxylic acids is 1. The summed E-state index contributed by atoms with van der Waals surface area (Å²) >= 11 is 5.39. The second kappa shape index (κ2) is 6.56. The number of nitrogens with one attached hydrogen (secondary N) is 1. The highest BCUT2D eigenvalue weighted by Gasteiger charge is 2.25. The normalized spacial score (nSPS) is 18.4. The van der Waals surface area contributed by atoms with Crippen molar-refractivity contribution in [2.75, 3.05) is 25.5 Å². The lowest BCUT2D eigenvalue weighted by molar-refractivity contribution is -0.122. The number of likely N-dealkylation sites (tertiary alicyclic amines) is 1. The van der Waals surface area contributed by atoms with Gasteiger partial charge in [-0.3, -0.25) is 4.79 Å². The summed E-state index contributed by atoms with van der Waals surface area (Å²) in [5, 5.41) is 3.80. The van der Waals surface area contributed by atoms with Crippen LogP contribution in [-0.2, 0) is 4.79 Å². The van der Waals surface area contributed by atoms with E-state index in [-0.39, 0.29) is 11.8 Å². The zero-order valence-electron chi connectivity index (χ0n) is 11.5. The molecule has 1 heterocycles. The van der Waals surface area contributed by atoms with E-state index in [4.69, 9.17) is 22.7 Å². The first kappa shape index (κ1) is 14.6. The average Bonchev–Trinajstić information content (AvgIpc) is 2.48. The molecule has 0 aromatic heterocycles. The van der Waals surface area contributed by atoms with E-state index in [0.717, 1.165) is 30.8 Å². The highest BCUT2D eigenvalue weighted by Crippen LogP contribution is 2.19. The Hall–Kier alpha value is -1.82. The maximum atomic E-state index is 11.3. The molecule has 0 spiro atoms. The summed E-state index contributed by atoms with van der Waals surface area (Å²) < 4.78 is 5.11. The fourth-order valence-electron chi connectivity index (χ4n) is 2.27. The molecule has 5 nitrogen and oxygen atoms in total. The number of piperidine rings is 1. The lowest BCUT2D eigenvalue weighted by Crippen LogP contribution is -2.45. The molecule has 1 fully saturated rings. The van der Waals surface area contributed by atoms with Crippen LogP contribution in [0, 0.1) is 5.92 Å². The van der Waals surface area contributed by atoms with Gasteiger partial charge in [-0.2, -0.15) is 0 Å². The number of anilines is 1. The van der Waals surface area contributed by atoms with Crippen molar-refractivity contribution in [2.45, 2.75) is 12.8 Å². The number of nitrogens with zero attached hydrogens (tertiary/aromatic N) is 1. The first-order valence-electron chi connectivity index (χ1n) is 6.59. The molecule has 6 heteroatoms. The first-order valence-corrected chi connectivity index (χ1v) is 7.00. The minimum atomic E-state index is -0.248. The van der Waals surface area contributed by atoms with Gasteiger partial charge in [0.05, 0.1) is 13.0 Å².